The average Bonchev–Trinajstić information content (AvgIpc) is 2.90. The molecule has 3 atom stereocenters. The number of esters is 1. The van der Waals surface area contributed by atoms with Gasteiger partial charge in [-0.15, -0.1) is 6.58 Å². The third-order valence-corrected chi connectivity index (χ3v) is 5.97. The SMILES string of the molecule is C=CCN(C(=O)C(CC(N)=O)NC(=O)OC(C)(C)C)C(C(=O)NC(Cc1ccccc1)C(=O)OC(C)(C)C)c1ccccc1. The number of amides is 4. The van der Waals surface area contributed by atoms with Crippen molar-refractivity contribution in [2.45, 2.75) is 83.7 Å². The van der Waals surface area contributed by atoms with Crippen LogP contribution in [0.1, 0.15) is 65.1 Å². The summed E-state index contributed by atoms with van der Waals surface area (Å²) in [5, 5.41) is 5.20. The summed E-state index contributed by atoms with van der Waals surface area (Å²) in [6, 6.07) is 13.7. The molecule has 0 spiro atoms. The minimum absolute atomic E-state index is 0.128. The molecule has 0 heterocycles. The molecule has 0 bridgehead atoms. The van der Waals surface area contributed by atoms with Crippen LogP contribution in [0.4, 0.5) is 4.79 Å². The van der Waals surface area contributed by atoms with Crippen molar-refractivity contribution in [3.63, 3.8) is 0 Å². The summed E-state index contributed by atoms with van der Waals surface area (Å²) >= 11 is 0. The molecule has 3 unspecified atom stereocenters. The molecule has 238 valence electrons. The average molecular weight is 609 g/mol. The molecule has 2 rings (SSSR count). The number of carbonyl (C=O) groups is 5. The minimum atomic E-state index is -1.45. The lowest BCUT2D eigenvalue weighted by Crippen LogP contribution is -2.55. The zero-order chi connectivity index (χ0) is 33.1. The first-order valence-electron chi connectivity index (χ1n) is 14.3. The fourth-order valence-electron chi connectivity index (χ4n) is 4.29. The third kappa shape index (κ3) is 11.9. The van der Waals surface area contributed by atoms with E-state index in [9.17, 15) is 24.0 Å². The van der Waals surface area contributed by atoms with Gasteiger partial charge in [-0.05, 0) is 52.7 Å². The molecule has 44 heavy (non-hydrogen) atoms. The van der Waals surface area contributed by atoms with Gasteiger partial charge in [0.15, 0.2) is 0 Å². The molecule has 11 heteroatoms. The lowest BCUT2D eigenvalue weighted by atomic mass is 10.0. The normalized spacial score (nSPS) is 13.4. The van der Waals surface area contributed by atoms with Crippen molar-refractivity contribution >= 4 is 29.8 Å². The smallest absolute Gasteiger partial charge is 0.408 e. The molecule has 0 aliphatic heterocycles. The van der Waals surface area contributed by atoms with E-state index in [0.29, 0.717) is 5.56 Å². The van der Waals surface area contributed by atoms with Crippen molar-refractivity contribution in [3.05, 3.63) is 84.4 Å². The fraction of sp³-hybridized carbons (Fsp3) is 0.424. The van der Waals surface area contributed by atoms with Crippen LogP contribution >= 0.6 is 0 Å². The summed E-state index contributed by atoms with van der Waals surface area (Å²) in [5.74, 6) is -2.98. The van der Waals surface area contributed by atoms with Crippen molar-refractivity contribution in [1.29, 1.82) is 0 Å². The Balaban J connectivity index is 2.54. The molecule has 0 radical (unpaired) electrons. The molecule has 11 nitrogen and oxygen atoms in total. The second-order valence-electron chi connectivity index (χ2n) is 12.2. The highest BCUT2D eigenvalue weighted by molar-refractivity contribution is 5.95. The highest BCUT2D eigenvalue weighted by atomic mass is 16.6. The van der Waals surface area contributed by atoms with Crippen molar-refractivity contribution in [2.24, 2.45) is 5.73 Å². The van der Waals surface area contributed by atoms with Gasteiger partial charge >= 0.3 is 12.1 Å². The van der Waals surface area contributed by atoms with Crippen LogP contribution in [-0.4, -0.2) is 64.5 Å². The molecule has 0 saturated heterocycles. The number of nitrogens with one attached hydrogen (secondary N) is 2. The zero-order valence-electron chi connectivity index (χ0n) is 26.3. The van der Waals surface area contributed by atoms with Gasteiger partial charge in [-0.1, -0.05) is 66.7 Å². The first kappa shape index (κ1) is 35.5. The van der Waals surface area contributed by atoms with Crippen molar-refractivity contribution in [2.75, 3.05) is 6.54 Å². The Labute approximate surface area is 259 Å². The number of nitrogens with zero attached hydrogens (tertiary/aromatic N) is 1. The maximum absolute atomic E-state index is 14.1. The lowest BCUT2D eigenvalue weighted by molar-refractivity contribution is -0.159. The molecule has 4 amide bonds. The first-order valence-corrected chi connectivity index (χ1v) is 14.3. The molecule has 0 aromatic heterocycles. The quantitative estimate of drug-likeness (QED) is 0.232. The second-order valence-corrected chi connectivity index (χ2v) is 12.2. The van der Waals surface area contributed by atoms with Gasteiger partial charge in [0, 0.05) is 13.0 Å². The van der Waals surface area contributed by atoms with Crippen LogP contribution in [0, 0.1) is 0 Å². The Kier molecular flexibility index (Phi) is 12.7. The van der Waals surface area contributed by atoms with Crippen LogP contribution in [-0.2, 0) is 35.1 Å². The standard InChI is InChI=1S/C33H44N4O7/c1-8-19-37(29(40)24(21-26(34)38)36-31(42)44-33(5,6)7)27(23-17-13-10-14-18-23)28(39)35-25(30(41)43-32(2,3)4)20-22-15-11-9-12-16-22/h8-18,24-25,27H,1,19-21H2,2-7H3,(H2,34,38)(H,35,39)(H,36,42). The van der Waals surface area contributed by atoms with E-state index in [1.54, 1.807) is 71.9 Å². The van der Waals surface area contributed by atoms with E-state index in [-0.39, 0.29) is 13.0 Å². The van der Waals surface area contributed by atoms with Crippen molar-refractivity contribution < 1.29 is 33.4 Å². The highest BCUT2D eigenvalue weighted by Gasteiger charge is 2.38. The van der Waals surface area contributed by atoms with Crippen LogP contribution < -0.4 is 16.4 Å². The summed E-state index contributed by atoms with van der Waals surface area (Å²) in [6.45, 7) is 13.7. The maximum atomic E-state index is 14.1. The predicted octanol–water partition coefficient (Wildman–Crippen LogP) is 3.58. The Morgan fingerprint density at radius 3 is 1.89 bits per heavy atom. The highest BCUT2D eigenvalue weighted by Crippen LogP contribution is 2.24. The number of benzene rings is 2. The number of alkyl carbamates (subject to hydrolysis) is 1. The van der Waals surface area contributed by atoms with Crippen LogP contribution in [0.25, 0.3) is 0 Å². The molecular formula is C33H44N4O7. The Bertz CT molecular complexity index is 1300. The number of primary amides is 1. The van der Waals surface area contributed by atoms with Gasteiger partial charge in [0.25, 0.3) is 0 Å². The number of nitrogens with two attached hydrogens (primary N) is 1. The lowest BCUT2D eigenvalue weighted by Gasteiger charge is -2.34. The second kappa shape index (κ2) is 15.7. The zero-order valence-corrected chi connectivity index (χ0v) is 26.3. The monoisotopic (exact) mass is 608 g/mol. The van der Waals surface area contributed by atoms with Crippen LogP contribution in [0.3, 0.4) is 0 Å². The number of hydrogen-bond acceptors (Lipinski definition) is 7. The number of rotatable bonds is 13. The molecule has 0 aliphatic rings. The summed E-state index contributed by atoms with van der Waals surface area (Å²) < 4.78 is 10.9. The molecule has 0 saturated carbocycles. The number of carbonyl (C=O) groups excluding carboxylic acids is 5. The van der Waals surface area contributed by atoms with Gasteiger partial charge in [-0.2, -0.15) is 0 Å². The fourth-order valence-corrected chi connectivity index (χ4v) is 4.29. The van der Waals surface area contributed by atoms with E-state index in [1.807, 2.05) is 30.3 Å². The van der Waals surface area contributed by atoms with Crippen molar-refractivity contribution in [1.82, 2.24) is 15.5 Å². The topological polar surface area (TPSA) is 157 Å². The van der Waals surface area contributed by atoms with Gasteiger partial charge in [0.2, 0.25) is 17.7 Å². The van der Waals surface area contributed by atoms with E-state index in [1.165, 1.54) is 6.08 Å². The van der Waals surface area contributed by atoms with E-state index < -0.39 is 65.5 Å². The largest absolute Gasteiger partial charge is 0.458 e. The Morgan fingerprint density at radius 1 is 0.841 bits per heavy atom. The molecule has 0 fully saturated rings. The van der Waals surface area contributed by atoms with E-state index in [0.717, 1.165) is 10.5 Å². The molecule has 2 aromatic carbocycles. The van der Waals surface area contributed by atoms with Gasteiger partial charge in [0.1, 0.15) is 29.3 Å². The molecule has 4 N–H and O–H groups in total. The van der Waals surface area contributed by atoms with Crippen molar-refractivity contribution in [3.8, 4) is 0 Å². The van der Waals surface area contributed by atoms with Gasteiger partial charge < -0.3 is 30.7 Å². The molecule has 2 aromatic rings. The summed E-state index contributed by atoms with van der Waals surface area (Å²) in [7, 11) is 0. The van der Waals surface area contributed by atoms with Crippen LogP contribution in [0.15, 0.2) is 73.3 Å². The third-order valence-electron chi connectivity index (χ3n) is 5.97. The Morgan fingerprint density at radius 2 is 1.39 bits per heavy atom. The van der Waals surface area contributed by atoms with E-state index in [4.69, 9.17) is 15.2 Å². The Hall–Kier alpha value is -4.67. The van der Waals surface area contributed by atoms with E-state index >= 15 is 0 Å². The van der Waals surface area contributed by atoms with Gasteiger partial charge in [-0.3, -0.25) is 14.4 Å². The molecular weight excluding hydrogens is 564 g/mol. The van der Waals surface area contributed by atoms with Gasteiger partial charge in [0.05, 0.1) is 6.42 Å². The van der Waals surface area contributed by atoms with Crippen LogP contribution in [0.5, 0.6) is 0 Å². The molecule has 0 aliphatic carbocycles. The summed E-state index contributed by atoms with van der Waals surface area (Å²) in [4.78, 5) is 67.2. The van der Waals surface area contributed by atoms with E-state index in [2.05, 4.69) is 17.2 Å². The predicted molar refractivity (Wildman–Crippen MR) is 166 cm³/mol. The minimum Gasteiger partial charge on any atom is -0.458 e. The number of ether oxygens (including phenoxy) is 2. The first-order chi connectivity index (χ1) is 20.5. The summed E-state index contributed by atoms with van der Waals surface area (Å²) in [5.41, 5.74) is 4.91. The maximum Gasteiger partial charge on any atom is 0.408 e. The van der Waals surface area contributed by atoms with Crippen LogP contribution in [0.2, 0.25) is 0 Å². The number of hydrogen-bond donors (Lipinski definition) is 3. The van der Waals surface area contributed by atoms with Gasteiger partial charge in [-0.25, -0.2) is 9.59 Å². The summed E-state index contributed by atoms with van der Waals surface area (Å²) in [6.07, 6.45) is 0.0431.